The average Bonchev–Trinajstić information content (AvgIpc) is 2.47. The van der Waals surface area contributed by atoms with Crippen molar-refractivity contribution in [2.45, 2.75) is 38.5 Å². The molecule has 0 saturated heterocycles. The van der Waals surface area contributed by atoms with Crippen molar-refractivity contribution in [3.8, 4) is 6.07 Å². The summed E-state index contributed by atoms with van der Waals surface area (Å²) in [7, 11) is 0. The number of anilines is 1. The molecule has 0 bridgehead atoms. The first-order valence-electron chi connectivity index (χ1n) is 6.87. The number of nitrogens with zero attached hydrogens (tertiary/aromatic N) is 3. The standard InChI is InChI=1S/C14H20N4O/c15-10-12-4-5-13(18-17-12)16-11-14(8-9-19)6-2-1-3-7-14/h4-5,19H,1-3,6-9,11H2,(H,16,18). The van der Waals surface area contributed by atoms with Crippen LogP contribution < -0.4 is 5.32 Å². The third-order valence-electron chi connectivity index (χ3n) is 3.98. The van der Waals surface area contributed by atoms with Crippen LogP contribution in [-0.4, -0.2) is 28.5 Å². The monoisotopic (exact) mass is 260 g/mol. The zero-order valence-electron chi connectivity index (χ0n) is 11.1. The molecule has 0 unspecified atom stereocenters. The third-order valence-corrected chi connectivity index (χ3v) is 3.98. The lowest BCUT2D eigenvalue weighted by Gasteiger charge is -2.37. The molecule has 1 aromatic heterocycles. The highest BCUT2D eigenvalue weighted by molar-refractivity contribution is 5.35. The third kappa shape index (κ3) is 3.65. The number of rotatable bonds is 5. The zero-order chi connectivity index (χ0) is 13.6. The van der Waals surface area contributed by atoms with E-state index in [2.05, 4.69) is 15.5 Å². The predicted molar refractivity (Wildman–Crippen MR) is 72.5 cm³/mol. The Bertz CT molecular complexity index is 426. The Labute approximate surface area is 113 Å². The van der Waals surface area contributed by atoms with E-state index < -0.39 is 0 Å². The van der Waals surface area contributed by atoms with Crippen molar-refractivity contribution in [1.82, 2.24) is 10.2 Å². The first kappa shape index (κ1) is 13.8. The SMILES string of the molecule is N#Cc1ccc(NCC2(CCO)CCCCC2)nn1. The second-order valence-corrected chi connectivity index (χ2v) is 5.30. The van der Waals surface area contributed by atoms with Crippen LogP contribution in [0.3, 0.4) is 0 Å². The number of nitriles is 1. The van der Waals surface area contributed by atoms with Gasteiger partial charge in [-0.1, -0.05) is 19.3 Å². The van der Waals surface area contributed by atoms with Gasteiger partial charge in [0.25, 0.3) is 0 Å². The van der Waals surface area contributed by atoms with Crippen LogP contribution in [0.4, 0.5) is 5.82 Å². The summed E-state index contributed by atoms with van der Waals surface area (Å²) in [5, 5.41) is 29.0. The lowest BCUT2D eigenvalue weighted by atomic mass is 9.72. The first-order valence-corrected chi connectivity index (χ1v) is 6.87. The number of nitrogens with one attached hydrogen (secondary N) is 1. The quantitative estimate of drug-likeness (QED) is 0.847. The zero-order valence-corrected chi connectivity index (χ0v) is 11.1. The van der Waals surface area contributed by atoms with Gasteiger partial charge in [0.05, 0.1) is 0 Å². The van der Waals surface area contributed by atoms with Crippen LogP contribution in [0.5, 0.6) is 0 Å². The van der Waals surface area contributed by atoms with Crippen molar-refractivity contribution in [2.24, 2.45) is 5.41 Å². The van der Waals surface area contributed by atoms with Gasteiger partial charge in [-0.05, 0) is 36.8 Å². The van der Waals surface area contributed by atoms with Gasteiger partial charge in [-0.25, -0.2) is 0 Å². The van der Waals surface area contributed by atoms with E-state index in [0.717, 1.165) is 25.8 Å². The summed E-state index contributed by atoms with van der Waals surface area (Å²) in [6, 6.07) is 5.39. The molecule has 5 heteroatoms. The highest BCUT2D eigenvalue weighted by Crippen LogP contribution is 2.39. The minimum absolute atomic E-state index is 0.183. The Hall–Kier alpha value is -1.67. The molecule has 1 aromatic rings. The maximum absolute atomic E-state index is 9.26. The Morgan fingerprint density at radius 1 is 1.26 bits per heavy atom. The lowest BCUT2D eigenvalue weighted by molar-refractivity contribution is 0.141. The Kier molecular flexibility index (Phi) is 4.69. The van der Waals surface area contributed by atoms with Crippen molar-refractivity contribution in [3.63, 3.8) is 0 Å². The van der Waals surface area contributed by atoms with Gasteiger partial charge in [0.1, 0.15) is 11.9 Å². The largest absolute Gasteiger partial charge is 0.396 e. The average molecular weight is 260 g/mol. The molecule has 1 aliphatic carbocycles. The Morgan fingerprint density at radius 2 is 2.05 bits per heavy atom. The molecule has 5 nitrogen and oxygen atoms in total. The molecular formula is C14H20N4O. The van der Waals surface area contributed by atoms with Crippen LogP contribution in [0.1, 0.15) is 44.2 Å². The summed E-state index contributed by atoms with van der Waals surface area (Å²) < 4.78 is 0. The molecule has 2 rings (SSSR count). The molecule has 1 fully saturated rings. The van der Waals surface area contributed by atoms with E-state index in [1.165, 1.54) is 19.3 Å². The Morgan fingerprint density at radius 3 is 2.63 bits per heavy atom. The fourth-order valence-electron chi connectivity index (χ4n) is 2.82. The van der Waals surface area contributed by atoms with Gasteiger partial charge in [-0.15, -0.1) is 10.2 Å². The molecule has 0 amide bonds. The van der Waals surface area contributed by atoms with Gasteiger partial charge in [0, 0.05) is 13.2 Å². The molecule has 0 radical (unpaired) electrons. The highest BCUT2D eigenvalue weighted by atomic mass is 16.3. The summed E-state index contributed by atoms with van der Waals surface area (Å²) >= 11 is 0. The summed E-state index contributed by atoms with van der Waals surface area (Å²) in [6.45, 7) is 1.05. The van der Waals surface area contributed by atoms with E-state index in [0.29, 0.717) is 11.5 Å². The molecule has 0 spiro atoms. The smallest absolute Gasteiger partial charge is 0.163 e. The number of hydrogen-bond donors (Lipinski definition) is 2. The van der Waals surface area contributed by atoms with Crippen LogP contribution in [0.25, 0.3) is 0 Å². The van der Waals surface area contributed by atoms with Gasteiger partial charge in [0.15, 0.2) is 5.69 Å². The molecule has 19 heavy (non-hydrogen) atoms. The minimum atomic E-state index is 0.183. The fraction of sp³-hybridized carbons (Fsp3) is 0.643. The normalized spacial score (nSPS) is 17.7. The van der Waals surface area contributed by atoms with Gasteiger partial charge in [0.2, 0.25) is 0 Å². The molecule has 1 saturated carbocycles. The molecule has 102 valence electrons. The molecular weight excluding hydrogens is 240 g/mol. The fourth-order valence-corrected chi connectivity index (χ4v) is 2.82. The predicted octanol–water partition coefficient (Wildman–Crippen LogP) is 2.09. The molecule has 0 atom stereocenters. The van der Waals surface area contributed by atoms with Crippen molar-refractivity contribution in [3.05, 3.63) is 17.8 Å². The molecule has 1 heterocycles. The van der Waals surface area contributed by atoms with Gasteiger partial charge < -0.3 is 10.4 Å². The minimum Gasteiger partial charge on any atom is -0.396 e. The van der Waals surface area contributed by atoms with Crippen LogP contribution in [0.15, 0.2) is 12.1 Å². The molecule has 1 aliphatic rings. The van der Waals surface area contributed by atoms with Crippen LogP contribution in [0, 0.1) is 16.7 Å². The van der Waals surface area contributed by atoms with E-state index in [4.69, 9.17) is 5.26 Å². The number of aliphatic hydroxyl groups excluding tert-OH is 1. The van der Waals surface area contributed by atoms with E-state index >= 15 is 0 Å². The number of hydrogen-bond acceptors (Lipinski definition) is 5. The Balaban J connectivity index is 1.96. The van der Waals surface area contributed by atoms with Crippen molar-refractivity contribution < 1.29 is 5.11 Å². The topological polar surface area (TPSA) is 81.8 Å². The van der Waals surface area contributed by atoms with E-state index in [-0.39, 0.29) is 12.0 Å². The first-order chi connectivity index (χ1) is 9.28. The maximum atomic E-state index is 9.26. The van der Waals surface area contributed by atoms with E-state index in [1.54, 1.807) is 12.1 Å². The molecule has 2 N–H and O–H groups in total. The van der Waals surface area contributed by atoms with Gasteiger partial charge in [-0.2, -0.15) is 5.26 Å². The molecule has 0 aliphatic heterocycles. The van der Waals surface area contributed by atoms with Crippen LogP contribution in [0.2, 0.25) is 0 Å². The second-order valence-electron chi connectivity index (χ2n) is 5.30. The summed E-state index contributed by atoms with van der Waals surface area (Å²) in [5.74, 6) is 0.696. The highest BCUT2D eigenvalue weighted by Gasteiger charge is 2.31. The lowest BCUT2D eigenvalue weighted by Crippen LogP contribution is -2.33. The van der Waals surface area contributed by atoms with E-state index in [1.807, 2.05) is 6.07 Å². The van der Waals surface area contributed by atoms with Crippen LogP contribution >= 0.6 is 0 Å². The van der Waals surface area contributed by atoms with Gasteiger partial charge in [-0.3, -0.25) is 0 Å². The number of aliphatic hydroxyl groups is 1. The second kappa shape index (κ2) is 6.48. The maximum Gasteiger partial charge on any atom is 0.163 e. The molecule has 0 aromatic carbocycles. The van der Waals surface area contributed by atoms with Crippen LogP contribution in [-0.2, 0) is 0 Å². The van der Waals surface area contributed by atoms with E-state index in [9.17, 15) is 5.11 Å². The van der Waals surface area contributed by atoms with Crippen molar-refractivity contribution in [2.75, 3.05) is 18.5 Å². The summed E-state index contributed by atoms with van der Waals surface area (Å²) in [6.07, 6.45) is 6.92. The summed E-state index contributed by atoms with van der Waals surface area (Å²) in [4.78, 5) is 0. The van der Waals surface area contributed by atoms with Gasteiger partial charge >= 0.3 is 0 Å². The van der Waals surface area contributed by atoms with Crippen molar-refractivity contribution in [1.29, 1.82) is 5.26 Å². The summed E-state index contributed by atoms with van der Waals surface area (Å²) in [5.41, 5.74) is 0.510. The number of aromatic nitrogens is 2. The van der Waals surface area contributed by atoms with Crippen molar-refractivity contribution >= 4 is 5.82 Å².